The van der Waals surface area contributed by atoms with Gasteiger partial charge >= 0.3 is 5.97 Å². The highest BCUT2D eigenvalue weighted by Crippen LogP contribution is 2.22. The lowest BCUT2D eigenvalue weighted by Crippen LogP contribution is -2.09. The second-order valence-electron chi connectivity index (χ2n) is 2.09. The average molecular weight is 279 g/mol. The molecule has 5 nitrogen and oxygen atoms in total. The van der Waals surface area contributed by atoms with Gasteiger partial charge in [-0.25, -0.2) is 9.78 Å². The van der Waals surface area contributed by atoms with Crippen LogP contribution in [-0.2, 0) is 0 Å². The fourth-order valence-corrected chi connectivity index (χ4v) is 1.15. The molecule has 1 heterocycles. The Balaban J connectivity index is 3.43. The van der Waals surface area contributed by atoms with Crippen molar-refractivity contribution in [2.45, 2.75) is 0 Å². The molecule has 0 atom stereocenters. The molecule has 0 aliphatic carbocycles. The van der Waals surface area contributed by atoms with Crippen molar-refractivity contribution in [3.8, 4) is 0 Å². The lowest BCUT2D eigenvalue weighted by Gasteiger charge is -2.04. The van der Waals surface area contributed by atoms with Gasteiger partial charge in [0.15, 0.2) is 0 Å². The van der Waals surface area contributed by atoms with Crippen LogP contribution in [-0.4, -0.2) is 16.1 Å². The van der Waals surface area contributed by atoms with Crippen molar-refractivity contribution >= 4 is 40.1 Å². The summed E-state index contributed by atoms with van der Waals surface area (Å²) in [6.07, 6.45) is 1.43. The molecule has 1 aromatic heterocycles. The summed E-state index contributed by atoms with van der Waals surface area (Å²) in [6.45, 7) is 0. The summed E-state index contributed by atoms with van der Waals surface area (Å²) in [5, 5.41) is 8.67. The lowest BCUT2D eigenvalue weighted by atomic mass is 10.2. The van der Waals surface area contributed by atoms with E-state index in [-0.39, 0.29) is 17.1 Å². The number of aromatic carboxylic acids is 1. The fraction of sp³-hybridized carbons (Fsp3) is 0. The minimum Gasteiger partial charge on any atom is -0.477 e. The highest BCUT2D eigenvalue weighted by Gasteiger charge is 2.15. The topological polar surface area (TPSA) is 102 Å². The zero-order valence-corrected chi connectivity index (χ0v) is 8.07. The van der Waals surface area contributed by atoms with Gasteiger partial charge in [0.25, 0.3) is 0 Å². The third-order valence-electron chi connectivity index (χ3n) is 1.31. The van der Waals surface area contributed by atoms with Crippen molar-refractivity contribution in [3.63, 3.8) is 0 Å². The number of aromatic nitrogens is 1. The van der Waals surface area contributed by atoms with Gasteiger partial charge in [-0.15, -0.1) is 0 Å². The summed E-state index contributed by atoms with van der Waals surface area (Å²) in [4.78, 5) is 14.3. The van der Waals surface area contributed by atoms with Gasteiger partial charge in [0, 0.05) is 6.20 Å². The number of halogens is 1. The zero-order valence-electron chi connectivity index (χ0n) is 5.91. The highest BCUT2D eigenvalue weighted by molar-refractivity contribution is 14.1. The first-order chi connectivity index (χ1) is 5.54. The van der Waals surface area contributed by atoms with Gasteiger partial charge in [-0.3, -0.25) is 0 Å². The molecule has 12 heavy (non-hydrogen) atoms. The Bertz CT molecular complexity index is 340. The number of carbonyl (C=O) groups is 1. The molecule has 0 aliphatic rings. The molecule has 0 spiro atoms. The SMILES string of the molecule is Nc1ncc(I)c(N)c1C(=O)O. The van der Waals surface area contributed by atoms with E-state index < -0.39 is 5.97 Å². The van der Waals surface area contributed by atoms with Crippen LogP contribution in [0.25, 0.3) is 0 Å². The van der Waals surface area contributed by atoms with E-state index in [0.717, 1.165) is 0 Å². The summed E-state index contributed by atoms with van der Waals surface area (Å²) in [7, 11) is 0. The predicted molar refractivity (Wildman–Crippen MR) is 52.7 cm³/mol. The number of carboxylic acids is 1. The van der Waals surface area contributed by atoms with Crippen LogP contribution in [0.1, 0.15) is 10.4 Å². The van der Waals surface area contributed by atoms with E-state index in [1.54, 1.807) is 0 Å². The Morgan fingerprint density at radius 3 is 2.58 bits per heavy atom. The summed E-state index contributed by atoms with van der Waals surface area (Å²) >= 11 is 1.89. The average Bonchev–Trinajstić information content (AvgIpc) is 1.97. The Kier molecular flexibility index (Phi) is 2.36. The van der Waals surface area contributed by atoms with Crippen LogP contribution in [0.5, 0.6) is 0 Å². The molecule has 0 saturated carbocycles. The molecule has 0 amide bonds. The van der Waals surface area contributed by atoms with Crippen molar-refractivity contribution in [3.05, 3.63) is 15.3 Å². The molecule has 5 N–H and O–H groups in total. The van der Waals surface area contributed by atoms with Crippen molar-refractivity contribution in [2.75, 3.05) is 11.5 Å². The molecule has 1 rings (SSSR count). The van der Waals surface area contributed by atoms with Crippen molar-refractivity contribution in [1.82, 2.24) is 4.98 Å². The molecule has 0 bridgehead atoms. The van der Waals surface area contributed by atoms with E-state index in [4.69, 9.17) is 16.6 Å². The monoisotopic (exact) mass is 279 g/mol. The van der Waals surface area contributed by atoms with Gasteiger partial charge in [-0.2, -0.15) is 0 Å². The molecule has 1 aromatic rings. The van der Waals surface area contributed by atoms with Gasteiger partial charge in [0.2, 0.25) is 0 Å². The smallest absolute Gasteiger partial charge is 0.341 e. The molecule has 0 radical (unpaired) electrons. The van der Waals surface area contributed by atoms with Crippen molar-refractivity contribution < 1.29 is 9.90 Å². The second-order valence-corrected chi connectivity index (χ2v) is 3.25. The van der Waals surface area contributed by atoms with Crippen LogP contribution in [0.3, 0.4) is 0 Å². The van der Waals surface area contributed by atoms with Gasteiger partial charge in [-0.1, -0.05) is 0 Å². The van der Waals surface area contributed by atoms with Crippen LogP contribution in [0, 0.1) is 3.57 Å². The molecule has 0 aromatic carbocycles. The predicted octanol–water partition coefficient (Wildman–Crippen LogP) is 0.549. The molecular formula is C6H6IN3O2. The first-order valence-electron chi connectivity index (χ1n) is 2.96. The number of anilines is 2. The van der Waals surface area contributed by atoms with E-state index in [1.807, 2.05) is 22.6 Å². The molecule has 64 valence electrons. The normalized spacial score (nSPS) is 9.75. The summed E-state index contributed by atoms with van der Waals surface area (Å²) in [5.41, 5.74) is 10.8. The summed E-state index contributed by atoms with van der Waals surface area (Å²) in [5.74, 6) is -1.21. The largest absolute Gasteiger partial charge is 0.477 e. The summed E-state index contributed by atoms with van der Waals surface area (Å²) in [6, 6.07) is 0. The van der Waals surface area contributed by atoms with E-state index in [1.165, 1.54) is 6.20 Å². The van der Waals surface area contributed by atoms with Crippen LogP contribution in [0.2, 0.25) is 0 Å². The molecule has 0 unspecified atom stereocenters. The number of nitrogens with two attached hydrogens (primary N) is 2. The van der Waals surface area contributed by atoms with Crippen LogP contribution in [0.4, 0.5) is 11.5 Å². The van der Waals surface area contributed by atoms with E-state index >= 15 is 0 Å². The Morgan fingerprint density at radius 2 is 2.17 bits per heavy atom. The van der Waals surface area contributed by atoms with Gasteiger partial charge < -0.3 is 16.6 Å². The van der Waals surface area contributed by atoms with Gasteiger partial charge in [0.05, 0.1) is 9.26 Å². The van der Waals surface area contributed by atoms with E-state index in [9.17, 15) is 4.79 Å². The zero-order chi connectivity index (χ0) is 9.30. The number of carboxylic acid groups (broad SMARTS) is 1. The fourth-order valence-electron chi connectivity index (χ4n) is 0.742. The van der Waals surface area contributed by atoms with Gasteiger partial charge in [0.1, 0.15) is 11.4 Å². The Labute approximate surface area is 81.9 Å². The lowest BCUT2D eigenvalue weighted by molar-refractivity contribution is 0.0699. The van der Waals surface area contributed by atoms with E-state index in [2.05, 4.69) is 4.98 Å². The van der Waals surface area contributed by atoms with E-state index in [0.29, 0.717) is 3.57 Å². The van der Waals surface area contributed by atoms with Crippen molar-refractivity contribution in [1.29, 1.82) is 0 Å². The third-order valence-corrected chi connectivity index (χ3v) is 2.17. The Hall–Kier alpha value is -1.05. The number of nitrogen functional groups attached to an aromatic ring is 2. The minimum absolute atomic E-state index is 0.0552. The molecule has 0 saturated heterocycles. The molecule has 6 heteroatoms. The molecule has 0 aliphatic heterocycles. The maximum atomic E-state index is 10.6. The maximum Gasteiger partial charge on any atom is 0.341 e. The van der Waals surface area contributed by atoms with Crippen LogP contribution >= 0.6 is 22.6 Å². The number of hydrogen-bond donors (Lipinski definition) is 3. The first-order valence-corrected chi connectivity index (χ1v) is 4.04. The number of pyridine rings is 1. The first kappa shape index (κ1) is 9.04. The number of rotatable bonds is 1. The third kappa shape index (κ3) is 1.42. The number of hydrogen-bond acceptors (Lipinski definition) is 4. The Morgan fingerprint density at radius 1 is 1.58 bits per heavy atom. The maximum absolute atomic E-state index is 10.6. The standard InChI is InChI=1S/C6H6IN3O2/c7-2-1-10-5(9)3(4(2)8)6(11)12/h1H,(H,11,12)(H4,8,9,10). The van der Waals surface area contributed by atoms with Crippen molar-refractivity contribution in [2.24, 2.45) is 0 Å². The minimum atomic E-state index is -1.16. The van der Waals surface area contributed by atoms with Crippen LogP contribution < -0.4 is 11.5 Å². The van der Waals surface area contributed by atoms with Crippen LogP contribution in [0.15, 0.2) is 6.20 Å². The summed E-state index contributed by atoms with van der Waals surface area (Å²) < 4.78 is 0.583. The number of nitrogens with zero attached hydrogens (tertiary/aromatic N) is 1. The quantitative estimate of drug-likeness (QED) is 0.651. The van der Waals surface area contributed by atoms with Gasteiger partial charge in [-0.05, 0) is 22.6 Å². The molecular weight excluding hydrogens is 273 g/mol. The molecule has 0 fully saturated rings. The second kappa shape index (κ2) is 3.13. The highest BCUT2D eigenvalue weighted by atomic mass is 127.